The first-order valence-electron chi connectivity index (χ1n) is 9.89. The zero-order chi connectivity index (χ0) is 20.3. The molecule has 4 atom stereocenters. The van der Waals surface area contributed by atoms with E-state index >= 15 is 0 Å². The van der Waals surface area contributed by atoms with Gasteiger partial charge in [0.2, 0.25) is 0 Å². The number of halogens is 1. The van der Waals surface area contributed by atoms with E-state index in [1.807, 2.05) is 12.1 Å². The minimum Gasteiger partial charge on any atom is -0.465 e. The lowest BCUT2D eigenvalue weighted by atomic mass is 9.86. The lowest BCUT2D eigenvalue weighted by molar-refractivity contribution is -0.146. The molecular formula is C21H28ClN3O3. The van der Waals surface area contributed by atoms with Crippen LogP contribution in [0.2, 0.25) is 5.02 Å². The predicted octanol–water partition coefficient (Wildman–Crippen LogP) is 3.70. The van der Waals surface area contributed by atoms with Crippen molar-refractivity contribution in [2.45, 2.75) is 33.2 Å². The Labute approximate surface area is 171 Å². The molecule has 1 fully saturated rings. The molecule has 28 heavy (non-hydrogen) atoms. The van der Waals surface area contributed by atoms with Gasteiger partial charge < -0.3 is 10.1 Å². The molecule has 0 spiro atoms. The van der Waals surface area contributed by atoms with Gasteiger partial charge in [-0.15, -0.1) is 0 Å². The topological polar surface area (TPSA) is 71.0 Å². The Balaban J connectivity index is 1.90. The summed E-state index contributed by atoms with van der Waals surface area (Å²) < 4.78 is 5.34. The van der Waals surface area contributed by atoms with Crippen LogP contribution in [-0.4, -0.2) is 48.9 Å². The van der Waals surface area contributed by atoms with Crippen molar-refractivity contribution in [2.75, 3.05) is 26.2 Å². The highest BCUT2D eigenvalue weighted by Gasteiger charge is 2.40. The largest absolute Gasteiger partial charge is 0.465 e. The van der Waals surface area contributed by atoms with Crippen molar-refractivity contribution in [3.63, 3.8) is 0 Å². The summed E-state index contributed by atoms with van der Waals surface area (Å²) >= 11 is 6.00. The van der Waals surface area contributed by atoms with Crippen LogP contribution in [-0.2, 0) is 9.53 Å². The van der Waals surface area contributed by atoms with Gasteiger partial charge in [-0.1, -0.05) is 37.6 Å². The Kier molecular flexibility index (Phi) is 6.73. The molecule has 152 valence electrons. The van der Waals surface area contributed by atoms with E-state index in [9.17, 15) is 9.59 Å². The van der Waals surface area contributed by atoms with Gasteiger partial charge in [-0.05, 0) is 42.9 Å². The molecule has 0 aliphatic carbocycles. The molecule has 1 aromatic carbocycles. The number of esters is 1. The van der Waals surface area contributed by atoms with Gasteiger partial charge in [0.05, 0.1) is 18.4 Å². The highest BCUT2D eigenvalue weighted by Crippen LogP contribution is 2.30. The van der Waals surface area contributed by atoms with Gasteiger partial charge >= 0.3 is 12.0 Å². The number of piperidine rings is 1. The number of rotatable bonds is 5. The third-order valence-corrected chi connectivity index (χ3v) is 5.57. The standard InChI is InChI=1S/C21H28ClN3O3/c1-4-28-20(26)18-17(12-25-10-13(2)9-14(3)11-25)23-21(27)24-19(18)15-5-7-16(22)8-6-15/h5-8,13-14,18-19H,4,9-12H2,1-3H3,(H,24,27). The summed E-state index contributed by atoms with van der Waals surface area (Å²) in [5.74, 6) is 0.149. The lowest BCUT2D eigenvalue weighted by Crippen LogP contribution is -2.50. The Morgan fingerprint density at radius 2 is 1.89 bits per heavy atom. The number of carbonyl (C=O) groups excluding carboxylic acids is 2. The number of carbonyl (C=O) groups is 2. The van der Waals surface area contributed by atoms with E-state index in [4.69, 9.17) is 16.3 Å². The molecule has 1 N–H and O–H groups in total. The van der Waals surface area contributed by atoms with E-state index in [1.165, 1.54) is 6.42 Å². The molecule has 2 aliphatic rings. The number of nitrogens with one attached hydrogen (secondary N) is 1. The summed E-state index contributed by atoms with van der Waals surface area (Å²) in [4.78, 5) is 31.7. The van der Waals surface area contributed by atoms with Crippen molar-refractivity contribution < 1.29 is 14.3 Å². The van der Waals surface area contributed by atoms with Crippen LogP contribution >= 0.6 is 11.6 Å². The average Bonchev–Trinajstić information content (AvgIpc) is 2.61. The second-order valence-electron chi connectivity index (χ2n) is 7.95. The monoisotopic (exact) mass is 405 g/mol. The van der Waals surface area contributed by atoms with Crippen LogP contribution in [0.1, 0.15) is 38.8 Å². The zero-order valence-corrected chi connectivity index (χ0v) is 17.4. The number of hydrogen-bond acceptors (Lipinski definition) is 4. The van der Waals surface area contributed by atoms with E-state index < -0.39 is 18.0 Å². The molecule has 0 bridgehead atoms. The number of nitrogens with zero attached hydrogens (tertiary/aromatic N) is 2. The van der Waals surface area contributed by atoms with E-state index in [-0.39, 0.29) is 12.6 Å². The van der Waals surface area contributed by atoms with E-state index in [0.29, 0.717) is 29.1 Å². The predicted molar refractivity (Wildman–Crippen MR) is 110 cm³/mol. The zero-order valence-electron chi connectivity index (χ0n) is 16.7. The van der Waals surface area contributed by atoms with Crippen LogP contribution in [0.15, 0.2) is 29.3 Å². The van der Waals surface area contributed by atoms with E-state index in [2.05, 4.69) is 29.1 Å². The van der Waals surface area contributed by atoms with Crippen LogP contribution in [0.4, 0.5) is 4.79 Å². The molecule has 6 nitrogen and oxygen atoms in total. The minimum absolute atomic E-state index is 0.279. The second kappa shape index (κ2) is 9.05. The van der Waals surface area contributed by atoms with Crippen molar-refractivity contribution in [3.05, 3.63) is 34.9 Å². The molecule has 2 amide bonds. The smallest absolute Gasteiger partial charge is 0.341 e. The first-order chi connectivity index (χ1) is 13.4. The first-order valence-corrected chi connectivity index (χ1v) is 10.3. The normalized spacial score (nSPS) is 28.4. The number of urea groups is 1. The van der Waals surface area contributed by atoms with Crippen molar-refractivity contribution in [1.29, 1.82) is 0 Å². The fraction of sp³-hybridized carbons (Fsp3) is 0.571. The van der Waals surface area contributed by atoms with Gasteiger partial charge in [0, 0.05) is 24.7 Å². The second-order valence-corrected chi connectivity index (χ2v) is 8.39. The Morgan fingerprint density at radius 1 is 1.25 bits per heavy atom. The fourth-order valence-corrected chi connectivity index (χ4v) is 4.50. The summed E-state index contributed by atoms with van der Waals surface area (Å²) in [6.07, 6.45) is 1.19. The van der Waals surface area contributed by atoms with E-state index in [0.717, 1.165) is 18.7 Å². The van der Waals surface area contributed by atoms with Crippen LogP contribution in [0.5, 0.6) is 0 Å². The summed E-state index contributed by atoms with van der Waals surface area (Å²) in [5.41, 5.74) is 1.38. The Bertz CT molecular complexity index is 740. The molecule has 0 aromatic heterocycles. The Hall–Kier alpha value is -1.92. The molecule has 2 heterocycles. The SMILES string of the molecule is CCOC(=O)C1C(CN2CC(C)CC(C)C2)=NC(=O)NC1c1ccc(Cl)cc1. The maximum absolute atomic E-state index is 12.8. The van der Waals surface area contributed by atoms with Gasteiger partial charge in [0.1, 0.15) is 5.92 Å². The summed E-state index contributed by atoms with van der Waals surface area (Å²) in [6.45, 7) is 8.89. The fourth-order valence-electron chi connectivity index (χ4n) is 4.37. The third-order valence-electron chi connectivity index (χ3n) is 5.32. The molecule has 1 saturated heterocycles. The van der Waals surface area contributed by atoms with Gasteiger partial charge in [0.25, 0.3) is 0 Å². The number of likely N-dealkylation sites (tertiary alicyclic amines) is 1. The third kappa shape index (κ3) is 4.92. The number of benzene rings is 1. The number of ether oxygens (including phenoxy) is 1. The van der Waals surface area contributed by atoms with Crippen molar-refractivity contribution >= 4 is 29.3 Å². The molecule has 7 heteroatoms. The van der Waals surface area contributed by atoms with Crippen molar-refractivity contribution in [3.8, 4) is 0 Å². The highest BCUT2D eigenvalue weighted by molar-refractivity contribution is 6.30. The van der Waals surface area contributed by atoms with Gasteiger partial charge in [-0.25, -0.2) is 9.79 Å². The number of hydrogen-bond donors (Lipinski definition) is 1. The molecule has 0 radical (unpaired) electrons. The van der Waals surface area contributed by atoms with Crippen LogP contribution in [0.25, 0.3) is 0 Å². The molecular weight excluding hydrogens is 378 g/mol. The van der Waals surface area contributed by atoms with Gasteiger partial charge in [-0.2, -0.15) is 0 Å². The Morgan fingerprint density at radius 3 is 2.50 bits per heavy atom. The van der Waals surface area contributed by atoms with Crippen molar-refractivity contribution in [2.24, 2.45) is 22.7 Å². The number of amides is 2. The highest BCUT2D eigenvalue weighted by atomic mass is 35.5. The van der Waals surface area contributed by atoms with Crippen molar-refractivity contribution in [1.82, 2.24) is 10.2 Å². The average molecular weight is 406 g/mol. The minimum atomic E-state index is -0.647. The van der Waals surface area contributed by atoms with Gasteiger partial charge in [0.15, 0.2) is 0 Å². The first kappa shape index (κ1) is 20.8. The maximum atomic E-state index is 12.8. The van der Waals surface area contributed by atoms with Crippen LogP contribution in [0, 0.1) is 17.8 Å². The molecule has 4 unspecified atom stereocenters. The summed E-state index contributed by atoms with van der Waals surface area (Å²) in [6, 6.07) is 6.22. The summed E-state index contributed by atoms with van der Waals surface area (Å²) in [5, 5.41) is 3.44. The maximum Gasteiger partial charge on any atom is 0.341 e. The van der Waals surface area contributed by atoms with E-state index in [1.54, 1.807) is 19.1 Å². The number of aliphatic imine (C=N–C) groups is 1. The summed E-state index contributed by atoms with van der Waals surface area (Å²) in [7, 11) is 0. The van der Waals surface area contributed by atoms with Crippen LogP contribution < -0.4 is 5.32 Å². The quantitative estimate of drug-likeness (QED) is 0.758. The van der Waals surface area contributed by atoms with Crippen LogP contribution in [0.3, 0.4) is 0 Å². The molecule has 0 saturated carbocycles. The van der Waals surface area contributed by atoms with Gasteiger partial charge in [-0.3, -0.25) is 9.69 Å². The lowest BCUT2D eigenvalue weighted by Gasteiger charge is -2.38. The molecule has 3 rings (SSSR count). The molecule has 2 aliphatic heterocycles. The molecule has 1 aromatic rings.